The van der Waals surface area contributed by atoms with Gasteiger partial charge in [-0.2, -0.15) is 13.2 Å². The number of hydrogen-bond acceptors (Lipinski definition) is 4. The van der Waals surface area contributed by atoms with E-state index in [0.29, 0.717) is 24.1 Å². The van der Waals surface area contributed by atoms with Crippen LogP contribution in [0.1, 0.15) is 55.7 Å². The minimum Gasteiger partial charge on any atom is -0.381 e. The van der Waals surface area contributed by atoms with Gasteiger partial charge in [0.25, 0.3) is 0 Å². The van der Waals surface area contributed by atoms with Gasteiger partial charge < -0.3 is 10.1 Å². The molecule has 2 N–H and O–H groups in total. The molecule has 9 heteroatoms. The Bertz CT molecular complexity index is 1120. The Morgan fingerprint density at radius 2 is 1.71 bits per heavy atom. The fraction of sp³-hybridized carbons (Fsp3) is 0.423. The quantitative estimate of drug-likeness (QED) is 0.608. The van der Waals surface area contributed by atoms with Crippen molar-refractivity contribution in [2.45, 2.75) is 56.0 Å². The zero-order valence-corrected chi connectivity index (χ0v) is 19.3. The lowest BCUT2D eigenvalue weighted by Crippen LogP contribution is -2.51. The van der Waals surface area contributed by atoms with Gasteiger partial charge in [0.2, 0.25) is 17.7 Å². The number of benzene rings is 2. The molecule has 0 aliphatic carbocycles. The van der Waals surface area contributed by atoms with E-state index in [-0.39, 0.29) is 44.3 Å². The second-order valence-corrected chi connectivity index (χ2v) is 9.12. The first-order chi connectivity index (χ1) is 16.6. The van der Waals surface area contributed by atoms with E-state index in [1.54, 1.807) is 30.3 Å². The summed E-state index contributed by atoms with van der Waals surface area (Å²) in [7, 11) is 0. The van der Waals surface area contributed by atoms with Crippen LogP contribution in [0, 0.1) is 0 Å². The standard InChI is InChI=1S/C26H27F3N2O4/c1-2-24(11-10-21(32)31-22(24)33)17-6-8-20(9-7-17)30-23(34)25(12-14-35-15-13-25)18-4-3-5-19(16-18)26(27,28)29/h3-9,16H,2,10-15H2,1H3,(H,30,34)(H,31,32,33). The Hall–Kier alpha value is -3.20. The van der Waals surface area contributed by atoms with Crippen LogP contribution in [0.5, 0.6) is 0 Å². The van der Waals surface area contributed by atoms with Crippen LogP contribution in [0.25, 0.3) is 0 Å². The van der Waals surface area contributed by atoms with Gasteiger partial charge in [-0.25, -0.2) is 0 Å². The number of carbonyl (C=O) groups is 3. The summed E-state index contributed by atoms with van der Waals surface area (Å²) in [4.78, 5) is 37.7. The van der Waals surface area contributed by atoms with Crippen LogP contribution in [0.15, 0.2) is 48.5 Å². The van der Waals surface area contributed by atoms with E-state index in [9.17, 15) is 27.6 Å². The van der Waals surface area contributed by atoms with E-state index in [2.05, 4.69) is 10.6 Å². The van der Waals surface area contributed by atoms with E-state index >= 15 is 0 Å². The van der Waals surface area contributed by atoms with Crippen LogP contribution < -0.4 is 10.6 Å². The Balaban J connectivity index is 1.60. The predicted octanol–water partition coefficient (Wildman–Crippen LogP) is 4.48. The van der Waals surface area contributed by atoms with E-state index in [4.69, 9.17) is 4.74 Å². The monoisotopic (exact) mass is 488 g/mol. The maximum atomic E-state index is 13.5. The molecule has 0 spiro atoms. The third-order valence-electron chi connectivity index (χ3n) is 7.29. The lowest BCUT2D eigenvalue weighted by atomic mass is 9.71. The van der Waals surface area contributed by atoms with Crippen LogP contribution in [-0.2, 0) is 36.1 Å². The molecule has 2 aliphatic rings. The Morgan fingerprint density at radius 1 is 1.03 bits per heavy atom. The molecule has 2 aliphatic heterocycles. The lowest BCUT2D eigenvalue weighted by molar-refractivity contribution is -0.139. The summed E-state index contributed by atoms with van der Waals surface area (Å²) in [6, 6.07) is 11.7. The molecular weight excluding hydrogens is 461 g/mol. The first-order valence-electron chi connectivity index (χ1n) is 11.6. The van der Waals surface area contributed by atoms with Gasteiger partial charge in [0, 0.05) is 25.3 Å². The lowest BCUT2D eigenvalue weighted by Gasteiger charge is -2.37. The zero-order valence-electron chi connectivity index (χ0n) is 19.3. The summed E-state index contributed by atoms with van der Waals surface area (Å²) in [5.41, 5.74) is -1.27. The highest BCUT2D eigenvalue weighted by Gasteiger charge is 2.44. The number of anilines is 1. The fourth-order valence-corrected chi connectivity index (χ4v) is 5.05. The Morgan fingerprint density at radius 3 is 2.31 bits per heavy atom. The SMILES string of the molecule is CCC1(c2ccc(NC(=O)C3(c4cccc(C(F)(F)F)c4)CCOCC3)cc2)CCC(=O)NC1=O. The molecule has 1 unspecified atom stereocenters. The summed E-state index contributed by atoms with van der Waals surface area (Å²) < 4.78 is 45.4. The van der Waals surface area contributed by atoms with E-state index in [1.807, 2.05) is 6.92 Å². The van der Waals surface area contributed by atoms with Gasteiger partial charge in [0.15, 0.2) is 0 Å². The minimum absolute atomic E-state index is 0.250. The third-order valence-corrected chi connectivity index (χ3v) is 7.29. The van der Waals surface area contributed by atoms with Crippen LogP contribution in [0.4, 0.5) is 18.9 Å². The molecule has 35 heavy (non-hydrogen) atoms. The van der Waals surface area contributed by atoms with Crippen molar-refractivity contribution in [3.63, 3.8) is 0 Å². The topological polar surface area (TPSA) is 84.5 Å². The summed E-state index contributed by atoms with van der Waals surface area (Å²) in [6.45, 7) is 2.40. The second-order valence-electron chi connectivity index (χ2n) is 9.12. The molecule has 2 saturated heterocycles. The molecule has 2 aromatic carbocycles. The van der Waals surface area contributed by atoms with Crippen molar-refractivity contribution in [2.75, 3.05) is 18.5 Å². The van der Waals surface area contributed by atoms with E-state index in [1.165, 1.54) is 6.07 Å². The molecule has 3 amide bonds. The highest BCUT2D eigenvalue weighted by molar-refractivity contribution is 6.03. The van der Waals surface area contributed by atoms with E-state index in [0.717, 1.165) is 17.7 Å². The number of alkyl halides is 3. The van der Waals surface area contributed by atoms with Crippen LogP contribution in [0.2, 0.25) is 0 Å². The van der Waals surface area contributed by atoms with Crippen molar-refractivity contribution in [3.8, 4) is 0 Å². The Kier molecular flexibility index (Phi) is 6.73. The van der Waals surface area contributed by atoms with Crippen molar-refractivity contribution < 1.29 is 32.3 Å². The first-order valence-corrected chi connectivity index (χ1v) is 11.6. The summed E-state index contributed by atoms with van der Waals surface area (Å²) in [5.74, 6) is -1.03. The molecule has 0 saturated carbocycles. The van der Waals surface area contributed by atoms with Crippen molar-refractivity contribution >= 4 is 23.4 Å². The zero-order chi connectivity index (χ0) is 25.3. The molecular formula is C26H27F3N2O4. The molecule has 0 bridgehead atoms. The second kappa shape index (κ2) is 9.45. The molecule has 0 aromatic heterocycles. The van der Waals surface area contributed by atoms with Gasteiger partial charge in [-0.3, -0.25) is 19.7 Å². The van der Waals surface area contributed by atoms with E-state index < -0.39 is 28.5 Å². The number of nitrogens with one attached hydrogen (secondary N) is 2. The molecule has 4 rings (SSSR count). The largest absolute Gasteiger partial charge is 0.416 e. The first kappa shape index (κ1) is 24.9. The number of piperidine rings is 1. The molecule has 0 radical (unpaired) electrons. The average Bonchev–Trinajstić information content (AvgIpc) is 2.85. The van der Waals surface area contributed by atoms with Gasteiger partial charge >= 0.3 is 6.18 Å². The van der Waals surface area contributed by atoms with Crippen molar-refractivity contribution in [1.82, 2.24) is 5.32 Å². The molecule has 6 nitrogen and oxygen atoms in total. The number of amides is 3. The summed E-state index contributed by atoms with van der Waals surface area (Å²) in [6.07, 6.45) is -2.84. The fourth-order valence-electron chi connectivity index (χ4n) is 5.05. The van der Waals surface area contributed by atoms with Gasteiger partial charge in [0.05, 0.1) is 16.4 Å². The van der Waals surface area contributed by atoms with Crippen LogP contribution in [-0.4, -0.2) is 30.9 Å². The van der Waals surface area contributed by atoms with Crippen molar-refractivity contribution in [3.05, 3.63) is 65.2 Å². The third kappa shape index (κ3) is 4.69. The number of ether oxygens (including phenoxy) is 1. The molecule has 2 aromatic rings. The molecule has 1 atom stereocenters. The number of rotatable bonds is 5. The highest BCUT2D eigenvalue weighted by atomic mass is 19.4. The molecule has 186 valence electrons. The van der Waals surface area contributed by atoms with Gasteiger partial charge in [-0.15, -0.1) is 0 Å². The van der Waals surface area contributed by atoms with Crippen molar-refractivity contribution in [1.29, 1.82) is 0 Å². The van der Waals surface area contributed by atoms with Gasteiger partial charge in [-0.05, 0) is 55.0 Å². The highest BCUT2D eigenvalue weighted by Crippen LogP contribution is 2.40. The number of imide groups is 1. The van der Waals surface area contributed by atoms with Crippen molar-refractivity contribution in [2.24, 2.45) is 0 Å². The number of hydrogen-bond donors (Lipinski definition) is 2. The smallest absolute Gasteiger partial charge is 0.381 e. The normalized spacial score (nSPS) is 22.4. The average molecular weight is 489 g/mol. The Labute approximate surface area is 201 Å². The van der Waals surface area contributed by atoms with Gasteiger partial charge in [-0.1, -0.05) is 37.3 Å². The van der Waals surface area contributed by atoms with Crippen LogP contribution in [0.3, 0.4) is 0 Å². The summed E-state index contributed by atoms with van der Waals surface area (Å²) in [5, 5.41) is 5.27. The maximum Gasteiger partial charge on any atom is 0.416 e. The van der Waals surface area contributed by atoms with Gasteiger partial charge in [0.1, 0.15) is 0 Å². The number of carbonyl (C=O) groups excluding carboxylic acids is 3. The molecule has 2 fully saturated rings. The number of halogens is 3. The predicted molar refractivity (Wildman–Crippen MR) is 123 cm³/mol. The summed E-state index contributed by atoms with van der Waals surface area (Å²) >= 11 is 0. The maximum absolute atomic E-state index is 13.5. The molecule has 2 heterocycles. The minimum atomic E-state index is -4.51. The van der Waals surface area contributed by atoms with Crippen LogP contribution >= 0.6 is 0 Å².